The lowest BCUT2D eigenvalue weighted by molar-refractivity contribution is 0.100. The van der Waals surface area contributed by atoms with Crippen LogP contribution in [-0.2, 0) is 12.8 Å². The number of primary amides is 1. The van der Waals surface area contributed by atoms with Gasteiger partial charge in [-0.25, -0.2) is 13.8 Å². The van der Waals surface area contributed by atoms with Gasteiger partial charge in [-0.05, 0) is 37.0 Å². The van der Waals surface area contributed by atoms with E-state index in [0.29, 0.717) is 29.0 Å². The number of anilines is 1. The second-order valence-electron chi connectivity index (χ2n) is 8.40. The first kappa shape index (κ1) is 20.3. The molecule has 4 heterocycles. The number of fused-ring (bicyclic) bond motifs is 4. The largest absolute Gasteiger partial charge is 0.367 e. The summed E-state index contributed by atoms with van der Waals surface area (Å²) in [7, 11) is 0. The SMILES string of the molecule is NC(=O)c1cnn2c(NC3CCc4[nH]c5c(F)cccc5c4C3)cc(-c3cncc(F)c3)nc12. The number of halogens is 2. The summed E-state index contributed by atoms with van der Waals surface area (Å²) in [6.45, 7) is 0. The van der Waals surface area contributed by atoms with Gasteiger partial charge in [0, 0.05) is 34.9 Å². The predicted molar refractivity (Wildman–Crippen MR) is 122 cm³/mol. The normalized spacial score (nSPS) is 15.5. The molecule has 6 rings (SSSR count). The van der Waals surface area contributed by atoms with Crippen LogP contribution in [0.4, 0.5) is 14.6 Å². The van der Waals surface area contributed by atoms with Crippen LogP contribution < -0.4 is 11.1 Å². The Labute approximate surface area is 191 Å². The topological polar surface area (TPSA) is 114 Å². The van der Waals surface area contributed by atoms with E-state index in [1.165, 1.54) is 29.0 Å². The lowest BCUT2D eigenvalue weighted by Gasteiger charge is -2.25. The highest BCUT2D eigenvalue weighted by atomic mass is 19.1. The molecule has 1 aliphatic rings. The number of nitrogens with one attached hydrogen (secondary N) is 2. The molecular formula is C24H19F2N7O. The van der Waals surface area contributed by atoms with Crippen molar-refractivity contribution in [3.63, 3.8) is 0 Å². The molecule has 1 amide bonds. The molecule has 34 heavy (non-hydrogen) atoms. The van der Waals surface area contributed by atoms with Crippen LogP contribution in [0.5, 0.6) is 0 Å². The maximum atomic E-state index is 14.3. The summed E-state index contributed by atoms with van der Waals surface area (Å²) < 4.78 is 29.6. The Balaban J connectivity index is 1.42. The van der Waals surface area contributed by atoms with Gasteiger partial charge in [0.2, 0.25) is 0 Å². The molecule has 1 atom stereocenters. The highest BCUT2D eigenvalue weighted by Gasteiger charge is 2.25. The van der Waals surface area contributed by atoms with Crippen LogP contribution in [0.2, 0.25) is 0 Å². The van der Waals surface area contributed by atoms with Gasteiger partial charge in [0.15, 0.2) is 5.65 Å². The van der Waals surface area contributed by atoms with Crippen LogP contribution in [0.15, 0.2) is 48.9 Å². The third-order valence-electron chi connectivity index (χ3n) is 6.26. The number of para-hydroxylation sites is 1. The summed E-state index contributed by atoms with van der Waals surface area (Å²) in [5.41, 5.74) is 9.48. The fourth-order valence-corrected chi connectivity index (χ4v) is 4.68. The Kier molecular flexibility index (Phi) is 4.54. The predicted octanol–water partition coefficient (Wildman–Crippen LogP) is 3.62. The van der Waals surface area contributed by atoms with Gasteiger partial charge in [-0.1, -0.05) is 12.1 Å². The molecule has 4 N–H and O–H groups in total. The fraction of sp³-hybridized carbons (Fsp3) is 0.167. The number of nitrogens with zero attached hydrogens (tertiary/aromatic N) is 4. The highest BCUT2D eigenvalue weighted by Crippen LogP contribution is 2.32. The molecule has 170 valence electrons. The first-order chi connectivity index (χ1) is 16.5. The number of aromatic nitrogens is 5. The Morgan fingerprint density at radius 1 is 1.21 bits per heavy atom. The minimum Gasteiger partial charge on any atom is -0.367 e. The number of carbonyl (C=O) groups excluding carboxylic acids is 1. The third-order valence-corrected chi connectivity index (χ3v) is 6.26. The van der Waals surface area contributed by atoms with E-state index in [0.717, 1.165) is 35.7 Å². The van der Waals surface area contributed by atoms with Gasteiger partial charge in [-0.2, -0.15) is 9.61 Å². The molecule has 10 heteroatoms. The average Bonchev–Trinajstić information content (AvgIpc) is 3.42. The zero-order valence-electron chi connectivity index (χ0n) is 17.8. The summed E-state index contributed by atoms with van der Waals surface area (Å²) >= 11 is 0. The Morgan fingerprint density at radius 2 is 2.09 bits per heavy atom. The van der Waals surface area contributed by atoms with E-state index in [-0.39, 0.29) is 23.1 Å². The number of hydrogen-bond donors (Lipinski definition) is 3. The van der Waals surface area contributed by atoms with Gasteiger partial charge < -0.3 is 16.0 Å². The van der Waals surface area contributed by atoms with Crippen LogP contribution >= 0.6 is 0 Å². The summed E-state index contributed by atoms with van der Waals surface area (Å²) in [5.74, 6) is -0.845. The zero-order valence-corrected chi connectivity index (χ0v) is 17.8. The maximum absolute atomic E-state index is 14.3. The molecule has 1 aromatic carbocycles. The van der Waals surface area contributed by atoms with Crippen molar-refractivity contribution in [1.29, 1.82) is 0 Å². The number of hydrogen-bond acceptors (Lipinski definition) is 5. The highest BCUT2D eigenvalue weighted by molar-refractivity contribution is 5.99. The Bertz CT molecular complexity index is 1590. The minimum absolute atomic E-state index is 0.0140. The minimum atomic E-state index is -0.661. The van der Waals surface area contributed by atoms with Gasteiger partial charge in [-0.3, -0.25) is 9.78 Å². The van der Waals surface area contributed by atoms with E-state index < -0.39 is 11.7 Å². The quantitative estimate of drug-likeness (QED) is 0.380. The summed E-state index contributed by atoms with van der Waals surface area (Å²) in [5, 5.41) is 8.67. The average molecular weight is 459 g/mol. The molecule has 0 radical (unpaired) electrons. The molecule has 8 nitrogen and oxygen atoms in total. The molecular weight excluding hydrogens is 440 g/mol. The number of amides is 1. The second-order valence-corrected chi connectivity index (χ2v) is 8.40. The number of aromatic amines is 1. The lowest BCUT2D eigenvalue weighted by atomic mass is 9.91. The maximum Gasteiger partial charge on any atom is 0.254 e. The summed E-state index contributed by atoms with van der Waals surface area (Å²) in [4.78, 5) is 23.6. The molecule has 5 aromatic rings. The lowest BCUT2D eigenvalue weighted by Crippen LogP contribution is -2.28. The van der Waals surface area contributed by atoms with Crippen molar-refractivity contribution in [2.24, 2.45) is 5.73 Å². The van der Waals surface area contributed by atoms with Gasteiger partial charge in [0.1, 0.15) is 23.0 Å². The number of rotatable bonds is 4. The van der Waals surface area contributed by atoms with Crippen molar-refractivity contribution in [2.45, 2.75) is 25.3 Å². The molecule has 0 fully saturated rings. The molecule has 0 saturated heterocycles. The molecule has 0 saturated carbocycles. The van der Waals surface area contributed by atoms with E-state index in [1.807, 2.05) is 6.07 Å². The van der Waals surface area contributed by atoms with Gasteiger partial charge in [0.05, 0.1) is 23.6 Å². The molecule has 0 spiro atoms. The number of pyridine rings is 1. The number of aryl methyl sites for hydroxylation is 1. The van der Waals surface area contributed by atoms with Crippen LogP contribution in [0, 0.1) is 11.6 Å². The standard InChI is InChI=1S/C24H19F2N7O/c25-13-6-12(9-28-10-13)20-8-21(33-24(32-20)17(11-29-33)23(27)34)30-14-4-5-19-16(7-14)15-2-1-3-18(26)22(15)31-19/h1-3,6,8-11,14,30-31H,4-5,7H2,(H2,27,34). The van der Waals surface area contributed by atoms with Crippen LogP contribution in [0.3, 0.4) is 0 Å². The van der Waals surface area contributed by atoms with E-state index in [9.17, 15) is 13.6 Å². The third kappa shape index (κ3) is 3.26. The monoisotopic (exact) mass is 459 g/mol. The van der Waals surface area contributed by atoms with Crippen molar-refractivity contribution >= 4 is 28.3 Å². The number of nitrogens with two attached hydrogens (primary N) is 1. The Hall–Kier alpha value is -4.34. The number of benzene rings is 1. The summed E-state index contributed by atoms with van der Waals surface area (Å²) in [6.07, 6.45) is 6.19. The molecule has 1 aliphatic carbocycles. The van der Waals surface area contributed by atoms with Crippen LogP contribution in [-0.4, -0.2) is 36.5 Å². The second kappa shape index (κ2) is 7.62. The van der Waals surface area contributed by atoms with Crippen molar-refractivity contribution < 1.29 is 13.6 Å². The molecule has 0 aliphatic heterocycles. The number of H-pyrrole nitrogens is 1. The molecule has 4 aromatic heterocycles. The van der Waals surface area contributed by atoms with Crippen molar-refractivity contribution in [2.75, 3.05) is 5.32 Å². The Morgan fingerprint density at radius 3 is 2.91 bits per heavy atom. The first-order valence-electron chi connectivity index (χ1n) is 10.8. The number of carbonyl (C=O) groups is 1. The molecule has 1 unspecified atom stereocenters. The zero-order chi connectivity index (χ0) is 23.4. The van der Waals surface area contributed by atoms with Gasteiger partial charge in [-0.15, -0.1) is 0 Å². The smallest absolute Gasteiger partial charge is 0.254 e. The van der Waals surface area contributed by atoms with Gasteiger partial charge in [0.25, 0.3) is 5.91 Å². The van der Waals surface area contributed by atoms with Gasteiger partial charge >= 0.3 is 0 Å². The van der Waals surface area contributed by atoms with Crippen LogP contribution in [0.25, 0.3) is 27.8 Å². The van der Waals surface area contributed by atoms with E-state index in [2.05, 4.69) is 25.4 Å². The van der Waals surface area contributed by atoms with Crippen LogP contribution in [0.1, 0.15) is 28.0 Å². The van der Waals surface area contributed by atoms with E-state index in [4.69, 9.17) is 5.73 Å². The molecule has 0 bridgehead atoms. The fourth-order valence-electron chi connectivity index (χ4n) is 4.68. The first-order valence-corrected chi connectivity index (χ1v) is 10.8. The van der Waals surface area contributed by atoms with Crippen molar-refractivity contribution in [3.8, 4) is 11.3 Å². The van der Waals surface area contributed by atoms with Crippen molar-refractivity contribution in [3.05, 3.63) is 77.4 Å². The van der Waals surface area contributed by atoms with Crippen molar-refractivity contribution in [1.82, 2.24) is 24.6 Å². The summed E-state index contributed by atoms with van der Waals surface area (Å²) in [6, 6.07) is 8.16. The van der Waals surface area contributed by atoms with E-state index in [1.54, 1.807) is 12.1 Å². The van der Waals surface area contributed by atoms with E-state index >= 15 is 0 Å².